The first-order chi connectivity index (χ1) is 12.9. The Morgan fingerprint density at radius 1 is 1.04 bits per heavy atom. The molecular formula is C20H25N5OS. The standard InChI is InChI=1S/C20H25N5OS/c1-13-14(2)27-20(22-13)18-17(26)12-25(19(18)21)16-6-4-15(5-7-16)24-10-8-23(3)9-11-24/h4-7,21,26H,8-12H2,1-3H3. The lowest BCUT2D eigenvalue weighted by Gasteiger charge is -2.34. The van der Waals surface area contributed by atoms with E-state index in [9.17, 15) is 5.11 Å². The smallest absolute Gasteiger partial charge is 0.139 e. The second kappa shape index (κ2) is 6.98. The molecule has 0 aliphatic carbocycles. The van der Waals surface area contributed by atoms with Gasteiger partial charge in [-0.15, -0.1) is 11.3 Å². The topological polar surface area (TPSA) is 66.7 Å². The fraction of sp³-hybridized carbons (Fsp3) is 0.400. The Kier molecular flexibility index (Phi) is 4.65. The predicted octanol–water partition coefficient (Wildman–Crippen LogP) is 3.28. The van der Waals surface area contributed by atoms with Crippen LogP contribution in [0.2, 0.25) is 0 Å². The van der Waals surface area contributed by atoms with E-state index in [0.717, 1.165) is 47.4 Å². The second-order valence-corrected chi connectivity index (χ2v) is 8.43. The van der Waals surface area contributed by atoms with Crippen molar-refractivity contribution in [3.63, 3.8) is 0 Å². The normalized spacial score (nSPS) is 18.7. The molecule has 0 unspecified atom stereocenters. The molecule has 0 bridgehead atoms. The van der Waals surface area contributed by atoms with Crippen LogP contribution in [0, 0.1) is 19.3 Å². The van der Waals surface area contributed by atoms with Gasteiger partial charge in [0.05, 0.1) is 17.8 Å². The molecular weight excluding hydrogens is 358 g/mol. The third-order valence-electron chi connectivity index (χ3n) is 5.38. The molecule has 27 heavy (non-hydrogen) atoms. The van der Waals surface area contributed by atoms with Crippen molar-refractivity contribution in [2.45, 2.75) is 13.8 Å². The van der Waals surface area contributed by atoms with Crippen LogP contribution in [0.5, 0.6) is 0 Å². The Morgan fingerprint density at radius 3 is 2.26 bits per heavy atom. The highest BCUT2D eigenvalue weighted by Crippen LogP contribution is 2.34. The van der Waals surface area contributed by atoms with Gasteiger partial charge >= 0.3 is 0 Å². The van der Waals surface area contributed by atoms with Gasteiger partial charge in [-0.1, -0.05) is 0 Å². The molecule has 2 aliphatic rings. The number of likely N-dealkylation sites (N-methyl/N-ethyl adjacent to an activating group) is 1. The first kappa shape index (κ1) is 18.0. The minimum atomic E-state index is 0.219. The highest BCUT2D eigenvalue weighted by atomic mass is 32.1. The molecule has 2 N–H and O–H groups in total. The van der Waals surface area contributed by atoms with Gasteiger partial charge in [-0.25, -0.2) is 4.98 Å². The van der Waals surface area contributed by atoms with Crippen LogP contribution >= 0.6 is 11.3 Å². The van der Waals surface area contributed by atoms with Gasteiger partial charge in [0, 0.05) is 42.4 Å². The predicted molar refractivity (Wildman–Crippen MR) is 112 cm³/mol. The minimum Gasteiger partial charge on any atom is -0.510 e. The Bertz CT molecular complexity index is 874. The summed E-state index contributed by atoms with van der Waals surface area (Å²) in [6.07, 6.45) is 0. The SMILES string of the molecule is Cc1nc(C2=C(O)CN(c3ccc(N4CCN(C)CC4)cc3)C2=N)sc1C. The Hall–Kier alpha value is -2.38. The van der Waals surface area contributed by atoms with Crippen molar-refractivity contribution in [1.82, 2.24) is 9.88 Å². The van der Waals surface area contributed by atoms with E-state index in [1.54, 1.807) is 0 Å². The molecule has 0 radical (unpaired) electrons. The molecule has 7 heteroatoms. The minimum absolute atomic E-state index is 0.219. The Balaban J connectivity index is 1.52. The van der Waals surface area contributed by atoms with Crippen molar-refractivity contribution >= 4 is 34.1 Å². The molecule has 4 rings (SSSR count). The summed E-state index contributed by atoms with van der Waals surface area (Å²) < 4.78 is 0. The monoisotopic (exact) mass is 383 g/mol. The summed E-state index contributed by atoms with van der Waals surface area (Å²) in [6.45, 7) is 8.51. The zero-order valence-corrected chi connectivity index (χ0v) is 16.8. The van der Waals surface area contributed by atoms with Gasteiger partial charge in [0.1, 0.15) is 16.6 Å². The molecule has 0 saturated carbocycles. The van der Waals surface area contributed by atoms with E-state index in [2.05, 4.69) is 34.0 Å². The van der Waals surface area contributed by atoms with Crippen LogP contribution in [0.15, 0.2) is 30.0 Å². The number of thiazole rings is 1. The van der Waals surface area contributed by atoms with Gasteiger partial charge in [0.15, 0.2) is 0 Å². The van der Waals surface area contributed by atoms with Crippen molar-refractivity contribution < 1.29 is 5.11 Å². The number of hydrogen-bond acceptors (Lipinski definition) is 6. The third-order valence-corrected chi connectivity index (χ3v) is 6.47. The second-order valence-electron chi connectivity index (χ2n) is 7.22. The van der Waals surface area contributed by atoms with Crippen molar-refractivity contribution in [2.75, 3.05) is 49.6 Å². The number of aliphatic hydroxyl groups excluding tert-OH is 1. The number of benzene rings is 1. The largest absolute Gasteiger partial charge is 0.510 e. The maximum Gasteiger partial charge on any atom is 0.139 e. The number of nitrogens with zero attached hydrogens (tertiary/aromatic N) is 4. The molecule has 1 saturated heterocycles. The maximum atomic E-state index is 10.5. The van der Waals surface area contributed by atoms with E-state index >= 15 is 0 Å². The number of piperazine rings is 1. The average molecular weight is 384 g/mol. The van der Waals surface area contributed by atoms with Crippen molar-refractivity contribution in [3.05, 3.63) is 45.6 Å². The number of aromatic nitrogens is 1. The van der Waals surface area contributed by atoms with E-state index in [1.165, 1.54) is 17.0 Å². The van der Waals surface area contributed by atoms with Crippen molar-refractivity contribution in [2.24, 2.45) is 0 Å². The van der Waals surface area contributed by atoms with Crippen LogP contribution in [0.3, 0.4) is 0 Å². The van der Waals surface area contributed by atoms with Crippen LogP contribution in [-0.4, -0.2) is 60.6 Å². The molecule has 3 heterocycles. The van der Waals surface area contributed by atoms with E-state index < -0.39 is 0 Å². The zero-order chi connectivity index (χ0) is 19.1. The number of amidine groups is 1. The van der Waals surface area contributed by atoms with Crippen LogP contribution in [0.4, 0.5) is 11.4 Å². The number of hydrogen-bond donors (Lipinski definition) is 2. The molecule has 1 aromatic heterocycles. The lowest BCUT2D eigenvalue weighted by molar-refractivity contribution is 0.313. The van der Waals surface area contributed by atoms with Gasteiger partial charge in [0.25, 0.3) is 0 Å². The van der Waals surface area contributed by atoms with Gasteiger partial charge in [-0.3, -0.25) is 5.41 Å². The van der Waals surface area contributed by atoms with Crippen molar-refractivity contribution in [3.8, 4) is 0 Å². The summed E-state index contributed by atoms with van der Waals surface area (Å²) in [7, 11) is 2.15. The Morgan fingerprint density at radius 2 is 1.67 bits per heavy atom. The molecule has 0 spiro atoms. The molecule has 0 atom stereocenters. The summed E-state index contributed by atoms with van der Waals surface area (Å²) in [5.41, 5.74) is 3.64. The third kappa shape index (κ3) is 3.33. The summed E-state index contributed by atoms with van der Waals surface area (Å²) in [4.78, 5) is 12.2. The molecule has 6 nitrogen and oxygen atoms in total. The number of nitrogens with one attached hydrogen (secondary N) is 1. The van der Waals surface area contributed by atoms with Gasteiger partial charge in [-0.05, 0) is 45.2 Å². The molecule has 1 aromatic carbocycles. The lowest BCUT2D eigenvalue weighted by atomic mass is 10.2. The molecule has 142 valence electrons. The number of aryl methyl sites for hydroxylation is 2. The van der Waals surface area contributed by atoms with Gasteiger partial charge in [-0.2, -0.15) is 0 Å². The maximum absolute atomic E-state index is 10.5. The molecule has 1 fully saturated rings. The molecule has 2 aromatic rings. The summed E-state index contributed by atoms with van der Waals surface area (Å²) in [5, 5.41) is 19.8. The van der Waals surface area contributed by atoms with E-state index in [-0.39, 0.29) is 5.76 Å². The lowest BCUT2D eigenvalue weighted by Crippen LogP contribution is -2.44. The fourth-order valence-electron chi connectivity index (χ4n) is 3.51. The highest BCUT2D eigenvalue weighted by Gasteiger charge is 2.31. The van der Waals surface area contributed by atoms with Crippen LogP contribution in [0.1, 0.15) is 15.6 Å². The van der Waals surface area contributed by atoms with Gasteiger partial charge < -0.3 is 19.8 Å². The summed E-state index contributed by atoms with van der Waals surface area (Å²) in [5.74, 6) is 0.533. The van der Waals surface area contributed by atoms with Gasteiger partial charge in [0.2, 0.25) is 0 Å². The number of aliphatic hydroxyl groups is 1. The van der Waals surface area contributed by atoms with Crippen LogP contribution < -0.4 is 9.80 Å². The van der Waals surface area contributed by atoms with Crippen LogP contribution in [-0.2, 0) is 0 Å². The first-order valence-corrected chi connectivity index (χ1v) is 10.0. The average Bonchev–Trinajstić information content (AvgIpc) is 3.14. The fourth-order valence-corrected chi connectivity index (χ4v) is 4.49. The molecule has 2 aliphatic heterocycles. The number of rotatable bonds is 3. The first-order valence-electron chi connectivity index (χ1n) is 9.20. The summed E-state index contributed by atoms with van der Waals surface area (Å²) >= 11 is 1.53. The highest BCUT2D eigenvalue weighted by molar-refractivity contribution is 7.13. The summed E-state index contributed by atoms with van der Waals surface area (Å²) in [6, 6.07) is 8.30. The quantitative estimate of drug-likeness (QED) is 0.851. The Labute approximate surface area is 163 Å². The molecule has 0 amide bonds. The van der Waals surface area contributed by atoms with Crippen LogP contribution in [0.25, 0.3) is 5.57 Å². The number of anilines is 2. The van der Waals surface area contributed by atoms with E-state index in [4.69, 9.17) is 5.41 Å². The zero-order valence-electron chi connectivity index (χ0n) is 16.0. The van der Waals surface area contributed by atoms with Crippen molar-refractivity contribution in [1.29, 1.82) is 5.41 Å². The van der Waals surface area contributed by atoms with E-state index in [1.807, 2.05) is 30.9 Å². The van der Waals surface area contributed by atoms with E-state index in [0.29, 0.717) is 18.0 Å².